The van der Waals surface area contributed by atoms with Gasteiger partial charge in [-0.15, -0.1) is 11.3 Å². The maximum absolute atomic E-state index is 13.1. The van der Waals surface area contributed by atoms with Gasteiger partial charge in [-0.2, -0.15) is 0 Å². The summed E-state index contributed by atoms with van der Waals surface area (Å²) >= 11 is 1.48. The molecule has 34 heavy (non-hydrogen) atoms. The van der Waals surface area contributed by atoms with E-state index < -0.39 is 6.09 Å². The predicted molar refractivity (Wildman–Crippen MR) is 137 cm³/mol. The minimum atomic E-state index is -1.03. The van der Waals surface area contributed by atoms with Crippen LogP contribution in [0.15, 0.2) is 83.7 Å². The largest absolute Gasteiger partial charge is 0.465 e. The lowest BCUT2D eigenvalue weighted by atomic mass is 9.98. The van der Waals surface area contributed by atoms with E-state index in [2.05, 4.69) is 29.4 Å². The maximum Gasteiger partial charge on any atom is 0.411 e. The SMILES string of the molecule is CCc1ccc(-c2ccccc2C(=O)Nc2ccc(N(CCc3cscn3)C(=O)O)cc2)cc1. The maximum atomic E-state index is 13.1. The fraction of sp³-hybridized carbons (Fsp3) is 0.148. The zero-order chi connectivity index (χ0) is 23.9. The molecular formula is C27H25N3O3S. The summed E-state index contributed by atoms with van der Waals surface area (Å²) in [6.07, 6.45) is 0.461. The normalized spacial score (nSPS) is 10.6. The number of carboxylic acid groups (broad SMARTS) is 1. The van der Waals surface area contributed by atoms with Gasteiger partial charge in [-0.05, 0) is 53.4 Å². The number of anilines is 2. The molecule has 0 fully saturated rings. The quantitative estimate of drug-likeness (QED) is 0.314. The molecule has 0 unspecified atom stereocenters. The predicted octanol–water partition coefficient (Wildman–Crippen LogP) is 6.35. The number of hydrogen-bond donors (Lipinski definition) is 2. The van der Waals surface area contributed by atoms with E-state index in [9.17, 15) is 14.7 Å². The summed E-state index contributed by atoms with van der Waals surface area (Å²) in [5, 5.41) is 14.5. The molecule has 0 saturated carbocycles. The number of nitrogens with zero attached hydrogens (tertiary/aromatic N) is 2. The average Bonchev–Trinajstić information content (AvgIpc) is 3.39. The lowest BCUT2D eigenvalue weighted by Crippen LogP contribution is -2.31. The summed E-state index contributed by atoms with van der Waals surface area (Å²) in [6, 6.07) is 22.5. The summed E-state index contributed by atoms with van der Waals surface area (Å²) in [6.45, 7) is 2.41. The first-order valence-electron chi connectivity index (χ1n) is 11.0. The molecule has 1 aromatic heterocycles. The zero-order valence-electron chi connectivity index (χ0n) is 18.8. The third-order valence-electron chi connectivity index (χ3n) is 5.59. The van der Waals surface area contributed by atoms with Gasteiger partial charge >= 0.3 is 6.09 Å². The van der Waals surface area contributed by atoms with Crippen LogP contribution in [0, 0.1) is 0 Å². The molecule has 2 N–H and O–H groups in total. The Kier molecular flexibility index (Phi) is 7.34. The number of nitrogens with one attached hydrogen (secondary N) is 1. The molecule has 0 spiro atoms. The number of aromatic nitrogens is 1. The molecule has 0 bridgehead atoms. The molecule has 0 atom stereocenters. The van der Waals surface area contributed by atoms with E-state index in [0.717, 1.165) is 23.2 Å². The fourth-order valence-corrected chi connectivity index (χ4v) is 4.29. The molecule has 1 heterocycles. The zero-order valence-corrected chi connectivity index (χ0v) is 19.6. The van der Waals surface area contributed by atoms with E-state index in [1.807, 2.05) is 35.7 Å². The Labute approximate surface area is 202 Å². The Hall–Kier alpha value is -3.97. The van der Waals surface area contributed by atoms with Crippen molar-refractivity contribution in [3.63, 3.8) is 0 Å². The number of hydrogen-bond acceptors (Lipinski definition) is 4. The van der Waals surface area contributed by atoms with Crippen molar-refractivity contribution in [3.05, 3.63) is 101 Å². The van der Waals surface area contributed by atoms with E-state index in [4.69, 9.17) is 0 Å². The highest BCUT2D eigenvalue weighted by molar-refractivity contribution is 7.07. The number of rotatable bonds is 8. The molecule has 2 amide bonds. The third-order valence-corrected chi connectivity index (χ3v) is 6.22. The number of thiazole rings is 1. The summed E-state index contributed by atoms with van der Waals surface area (Å²) in [5.74, 6) is -0.221. The Bertz CT molecular complexity index is 1250. The van der Waals surface area contributed by atoms with Crippen molar-refractivity contribution in [2.75, 3.05) is 16.8 Å². The van der Waals surface area contributed by atoms with E-state index >= 15 is 0 Å². The van der Waals surface area contributed by atoms with Crippen LogP contribution in [0.3, 0.4) is 0 Å². The van der Waals surface area contributed by atoms with Crippen molar-refractivity contribution in [1.82, 2.24) is 4.98 Å². The van der Waals surface area contributed by atoms with Crippen LogP contribution in [-0.2, 0) is 12.8 Å². The minimum absolute atomic E-state index is 0.221. The lowest BCUT2D eigenvalue weighted by Gasteiger charge is -2.19. The molecule has 0 aliphatic rings. The molecule has 6 nitrogen and oxygen atoms in total. The van der Waals surface area contributed by atoms with Gasteiger partial charge in [0.15, 0.2) is 0 Å². The number of aryl methyl sites for hydroxylation is 1. The van der Waals surface area contributed by atoms with Crippen LogP contribution in [0.5, 0.6) is 0 Å². The van der Waals surface area contributed by atoms with Crippen LogP contribution in [0.1, 0.15) is 28.5 Å². The van der Waals surface area contributed by atoms with Gasteiger partial charge in [-0.3, -0.25) is 9.69 Å². The van der Waals surface area contributed by atoms with Crippen molar-refractivity contribution in [2.24, 2.45) is 0 Å². The molecule has 7 heteroatoms. The van der Waals surface area contributed by atoms with Crippen molar-refractivity contribution < 1.29 is 14.7 Å². The number of benzene rings is 3. The van der Waals surface area contributed by atoms with Gasteiger partial charge in [0.2, 0.25) is 0 Å². The first-order chi connectivity index (χ1) is 16.5. The van der Waals surface area contributed by atoms with Crippen LogP contribution in [0.2, 0.25) is 0 Å². The minimum Gasteiger partial charge on any atom is -0.465 e. The Balaban J connectivity index is 1.48. The molecule has 0 saturated heterocycles. The highest BCUT2D eigenvalue weighted by Crippen LogP contribution is 2.26. The topological polar surface area (TPSA) is 82.5 Å². The summed E-state index contributed by atoms with van der Waals surface area (Å²) in [4.78, 5) is 30.3. The third kappa shape index (κ3) is 5.50. The summed E-state index contributed by atoms with van der Waals surface area (Å²) < 4.78 is 0. The number of amides is 2. The standard InChI is InChI=1S/C27H25N3O3S/c1-2-19-7-9-20(10-8-19)24-5-3-4-6-25(24)26(31)29-21-11-13-23(14-12-21)30(27(32)33)16-15-22-17-34-18-28-22/h3-14,17-18H,2,15-16H2,1H3,(H,29,31)(H,32,33). The van der Waals surface area contributed by atoms with Gasteiger partial charge in [0.25, 0.3) is 5.91 Å². The molecule has 172 valence electrons. The van der Waals surface area contributed by atoms with Gasteiger partial charge in [0.05, 0.1) is 11.2 Å². The molecular weight excluding hydrogens is 446 g/mol. The van der Waals surface area contributed by atoms with Crippen LogP contribution in [-0.4, -0.2) is 28.6 Å². The van der Waals surface area contributed by atoms with Crippen molar-refractivity contribution in [2.45, 2.75) is 19.8 Å². The van der Waals surface area contributed by atoms with Gasteiger partial charge < -0.3 is 10.4 Å². The number of carbonyl (C=O) groups excluding carboxylic acids is 1. The second-order valence-electron chi connectivity index (χ2n) is 7.76. The second kappa shape index (κ2) is 10.8. The Morgan fingerprint density at radius 2 is 1.74 bits per heavy atom. The van der Waals surface area contributed by atoms with Crippen LogP contribution in [0.4, 0.5) is 16.2 Å². The summed E-state index contributed by atoms with van der Waals surface area (Å²) in [7, 11) is 0. The Morgan fingerprint density at radius 3 is 2.38 bits per heavy atom. The van der Waals surface area contributed by atoms with E-state index in [1.165, 1.54) is 21.8 Å². The first kappa shape index (κ1) is 23.2. The molecule has 4 aromatic rings. The van der Waals surface area contributed by atoms with Gasteiger partial charge in [0, 0.05) is 35.3 Å². The van der Waals surface area contributed by atoms with Crippen LogP contribution < -0.4 is 10.2 Å². The van der Waals surface area contributed by atoms with Gasteiger partial charge in [0.1, 0.15) is 0 Å². The number of carbonyl (C=O) groups is 2. The van der Waals surface area contributed by atoms with Crippen molar-refractivity contribution in [3.8, 4) is 11.1 Å². The monoisotopic (exact) mass is 471 g/mol. The second-order valence-corrected chi connectivity index (χ2v) is 8.48. The summed E-state index contributed by atoms with van der Waals surface area (Å²) in [5.41, 5.74) is 7.39. The van der Waals surface area contributed by atoms with Crippen LogP contribution >= 0.6 is 11.3 Å². The first-order valence-corrected chi connectivity index (χ1v) is 12.0. The van der Waals surface area contributed by atoms with Crippen molar-refractivity contribution >= 4 is 34.7 Å². The molecule has 3 aromatic carbocycles. The van der Waals surface area contributed by atoms with Gasteiger partial charge in [-0.1, -0.05) is 49.4 Å². The van der Waals surface area contributed by atoms with Crippen LogP contribution in [0.25, 0.3) is 11.1 Å². The highest BCUT2D eigenvalue weighted by Gasteiger charge is 2.16. The lowest BCUT2D eigenvalue weighted by molar-refractivity contribution is 0.102. The Morgan fingerprint density at radius 1 is 1.00 bits per heavy atom. The smallest absolute Gasteiger partial charge is 0.411 e. The molecule has 4 rings (SSSR count). The highest BCUT2D eigenvalue weighted by atomic mass is 32.1. The van der Waals surface area contributed by atoms with Crippen molar-refractivity contribution in [1.29, 1.82) is 0 Å². The van der Waals surface area contributed by atoms with E-state index in [1.54, 1.807) is 35.8 Å². The average molecular weight is 472 g/mol. The molecule has 0 aliphatic heterocycles. The fourth-order valence-electron chi connectivity index (χ4n) is 3.70. The van der Waals surface area contributed by atoms with Gasteiger partial charge in [-0.25, -0.2) is 9.78 Å². The molecule has 0 radical (unpaired) electrons. The molecule has 0 aliphatic carbocycles. The van der Waals surface area contributed by atoms with E-state index in [-0.39, 0.29) is 5.91 Å². The van der Waals surface area contributed by atoms with E-state index in [0.29, 0.717) is 29.9 Å².